The largest absolute Gasteiger partial charge is 0.543 e. The Kier molecular flexibility index (Phi) is 5.08. The molecule has 8 heteroatoms. The molecule has 0 N–H and O–H groups in total. The van der Waals surface area contributed by atoms with E-state index >= 15 is 0 Å². The van der Waals surface area contributed by atoms with Crippen LogP contribution in [0.2, 0.25) is 5.02 Å². The van der Waals surface area contributed by atoms with Crippen molar-refractivity contribution >= 4 is 27.4 Å². The number of hydrogen-bond donors (Lipinski definition) is 0. The highest BCUT2D eigenvalue weighted by Crippen LogP contribution is 2.35. The molecule has 1 heterocycles. The van der Waals surface area contributed by atoms with Crippen LogP contribution >= 0.6 is 11.6 Å². The molecule has 27 heavy (non-hydrogen) atoms. The first-order chi connectivity index (χ1) is 12.7. The van der Waals surface area contributed by atoms with Gasteiger partial charge in [-0.15, -0.1) is 0 Å². The first-order valence-electron chi connectivity index (χ1n) is 8.11. The summed E-state index contributed by atoms with van der Waals surface area (Å²) in [5, 5.41) is 16.7. The fraction of sp³-hybridized carbons (Fsp3) is 0.158. The van der Waals surface area contributed by atoms with E-state index < -0.39 is 15.8 Å². The Morgan fingerprint density at radius 3 is 2.11 bits per heavy atom. The Hall–Kier alpha value is -2.64. The van der Waals surface area contributed by atoms with Crippen molar-refractivity contribution in [3.63, 3.8) is 0 Å². The summed E-state index contributed by atoms with van der Waals surface area (Å²) in [6.07, 6.45) is 1.13. The van der Waals surface area contributed by atoms with Gasteiger partial charge in [-0.05, 0) is 36.8 Å². The summed E-state index contributed by atoms with van der Waals surface area (Å²) in [5.74, 6) is -1.34. The van der Waals surface area contributed by atoms with Crippen molar-refractivity contribution in [2.75, 3.05) is 6.26 Å². The first kappa shape index (κ1) is 19.1. The number of aromatic carboxylic acids is 1. The number of aryl methyl sites for hydroxylation is 1. The van der Waals surface area contributed by atoms with Gasteiger partial charge in [-0.2, -0.15) is 5.10 Å². The number of sulfone groups is 1. The van der Waals surface area contributed by atoms with Gasteiger partial charge in [0, 0.05) is 29.0 Å². The Morgan fingerprint density at radius 1 is 1.07 bits per heavy atom. The normalized spacial score (nSPS) is 11.5. The lowest BCUT2D eigenvalue weighted by Gasteiger charge is -2.10. The lowest BCUT2D eigenvalue weighted by molar-refractivity contribution is -0.255. The molecule has 2 aromatic carbocycles. The van der Waals surface area contributed by atoms with Gasteiger partial charge in [0.05, 0.1) is 16.6 Å². The van der Waals surface area contributed by atoms with Crippen LogP contribution in [0.4, 0.5) is 0 Å². The molecule has 0 aliphatic carbocycles. The summed E-state index contributed by atoms with van der Waals surface area (Å²) >= 11 is 5.94. The monoisotopic (exact) mass is 403 g/mol. The van der Waals surface area contributed by atoms with Crippen LogP contribution in [-0.4, -0.2) is 30.4 Å². The van der Waals surface area contributed by atoms with E-state index in [2.05, 4.69) is 5.10 Å². The minimum atomic E-state index is -3.33. The molecular weight excluding hydrogens is 388 g/mol. The van der Waals surface area contributed by atoms with Crippen molar-refractivity contribution in [3.8, 4) is 22.4 Å². The van der Waals surface area contributed by atoms with Crippen molar-refractivity contribution in [2.45, 2.75) is 18.4 Å². The molecule has 0 atom stereocenters. The number of aromatic nitrogens is 2. The van der Waals surface area contributed by atoms with Gasteiger partial charge in [-0.1, -0.05) is 35.9 Å². The van der Waals surface area contributed by atoms with Crippen molar-refractivity contribution in [1.29, 1.82) is 0 Å². The zero-order valence-corrected chi connectivity index (χ0v) is 16.2. The molecule has 6 nitrogen and oxygen atoms in total. The zero-order valence-electron chi connectivity index (χ0n) is 14.6. The maximum absolute atomic E-state index is 11.8. The van der Waals surface area contributed by atoms with E-state index in [9.17, 15) is 18.3 Å². The molecule has 3 rings (SSSR count). The zero-order chi connectivity index (χ0) is 19.8. The van der Waals surface area contributed by atoms with Crippen LogP contribution in [0.15, 0.2) is 53.4 Å². The smallest absolute Gasteiger partial charge is 0.175 e. The Balaban J connectivity index is 2.26. The van der Waals surface area contributed by atoms with E-state index in [1.807, 2.05) is 0 Å². The molecule has 3 aromatic rings. The van der Waals surface area contributed by atoms with Crippen LogP contribution in [-0.2, 0) is 16.4 Å². The molecule has 1 aromatic heterocycles. The van der Waals surface area contributed by atoms with Crippen LogP contribution in [0.5, 0.6) is 0 Å². The van der Waals surface area contributed by atoms with E-state index in [0.29, 0.717) is 34.0 Å². The van der Waals surface area contributed by atoms with E-state index in [1.165, 1.54) is 16.8 Å². The van der Waals surface area contributed by atoms with Crippen molar-refractivity contribution in [3.05, 3.63) is 59.2 Å². The third kappa shape index (κ3) is 3.74. The van der Waals surface area contributed by atoms with Gasteiger partial charge < -0.3 is 9.90 Å². The molecule has 0 spiro atoms. The van der Waals surface area contributed by atoms with Gasteiger partial charge in [0.1, 0.15) is 5.69 Å². The maximum Gasteiger partial charge on any atom is 0.175 e. The predicted octanol–water partition coefficient (Wildman–Crippen LogP) is 2.66. The van der Waals surface area contributed by atoms with Gasteiger partial charge in [-0.3, -0.25) is 4.68 Å². The highest BCUT2D eigenvalue weighted by Gasteiger charge is 2.21. The lowest BCUT2D eigenvalue weighted by atomic mass is 9.99. The van der Waals surface area contributed by atoms with Gasteiger partial charge in [0.25, 0.3) is 0 Å². The second-order valence-corrected chi connectivity index (χ2v) is 8.43. The minimum absolute atomic E-state index is 0.0398. The Bertz CT molecular complexity index is 1100. The van der Waals surface area contributed by atoms with Gasteiger partial charge >= 0.3 is 0 Å². The fourth-order valence-corrected chi connectivity index (χ4v) is 3.61. The second-order valence-electron chi connectivity index (χ2n) is 5.98. The van der Waals surface area contributed by atoms with E-state index in [4.69, 9.17) is 11.6 Å². The third-order valence-electron chi connectivity index (χ3n) is 4.13. The summed E-state index contributed by atoms with van der Waals surface area (Å²) in [5.41, 5.74) is 2.02. The molecule has 0 unspecified atom stereocenters. The van der Waals surface area contributed by atoms with Crippen LogP contribution in [0.3, 0.4) is 0 Å². The third-order valence-corrected chi connectivity index (χ3v) is 5.51. The Labute approximate surface area is 161 Å². The van der Waals surface area contributed by atoms with Crippen molar-refractivity contribution in [1.82, 2.24) is 9.78 Å². The van der Waals surface area contributed by atoms with Crippen molar-refractivity contribution < 1.29 is 18.3 Å². The van der Waals surface area contributed by atoms with Crippen LogP contribution in [0.25, 0.3) is 22.4 Å². The summed E-state index contributed by atoms with van der Waals surface area (Å²) in [7, 11) is -3.33. The van der Waals surface area contributed by atoms with Crippen LogP contribution < -0.4 is 5.11 Å². The highest BCUT2D eigenvalue weighted by atomic mass is 35.5. The van der Waals surface area contributed by atoms with E-state index in [1.54, 1.807) is 43.3 Å². The average molecular weight is 404 g/mol. The summed E-state index contributed by atoms with van der Waals surface area (Å²) in [4.78, 5) is 12.0. The lowest BCUT2D eigenvalue weighted by Crippen LogP contribution is -2.26. The van der Waals surface area contributed by atoms with Gasteiger partial charge in [-0.25, -0.2) is 8.42 Å². The summed E-state index contributed by atoms with van der Waals surface area (Å²) < 4.78 is 24.7. The molecular formula is C19H16ClN2O4S-. The highest BCUT2D eigenvalue weighted by molar-refractivity contribution is 7.90. The number of hydrogen-bond acceptors (Lipinski definition) is 5. The molecule has 0 amide bonds. The Morgan fingerprint density at radius 2 is 1.63 bits per heavy atom. The standard InChI is InChI=1S/C19H17ClN2O4S/c1-3-22-18(19(23)24)16(12-4-8-14(20)9-5-12)17(21-22)13-6-10-15(11-7-13)27(2,25)26/h4-11H,3H2,1-2H3,(H,23,24)/p-1. The second kappa shape index (κ2) is 7.17. The number of carboxylic acids is 1. The molecule has 140 valence electrons. The molecule has 0 radical (unpaired) electrons. The summed E-state index contributed by atoms with van der Waals surface area (Å²) in [6.45, 7) is 2.12. The first-order valence-corrected chi connectivity index (χ1v) is 10.4. The molecule has 0 fully saturated rings. The van der Waals surface area contributed by atoms with Crippen LogP contribution in [0.1, 0.15) is 17.4 Å². The molecule has 0 saturated heterocycles. The molecule has 0 aliphatic rings. The molecule has 0 saturated carbocycles. The number of carboxylic acid groups (broad SMARTS) is 1. The number of halogens is 1. The number of benzene rings is 2. The number of nitrogens with zero attached hydrogens (tertiary/aromatic N) is 2. The minimum Gasteiger partial charge on any atom is -0.543 e. The van der Waals surface area contributed by atoms with E-state index in [-0.39, 0.29) is 10.6 Å². The number of rotatable bonds is 5. The topological polar surface area (TPSA) is 92.1 Å². The maximum atomic E-state index is 11.8. The van der Waals surface area contributed by atoms with Crippen molar-refractivity contribution in [2.24, 2.45) is 0 Å². The molecule has 0 aliphatic heterocycles. The summed E-state index contributed by atoms with van der Waals surface area (Å²) in [6, 6.07) is 12.9. The fourth-order valence-electron chi connectivity index (χ4n) is 2.85. The molecule has 0 bridgehead atoms. The number of carbonyl (C=O) groups is 1. The van der Waals surface area contributed by atoms with E-state index in [0.717, 1.165) is 6.26 Å². The number of carbonyl (C=O) groups excluding carboxylic acids is 1. The quantitative estimate of drug-likeness (QED) is 0.653. The van der Waals surface area contributed by atoms with Gasteiger partial charge in [0.2, 0.25) is 0 Å². The van der Waals surface area contributed by atoms with Crippen LogP contribution in [0, 0.1) is 0 Å². The average Bonchev–Trinajstić information content (AvgIpc) is 3.01. The predicted molar refractivity (Wildman–Crippen MR) is 101 cm³/mol. The SMILES string of the molecule is CCn1nc(-c2ccc(S(C)(=O)=O)cc2)c(-c2ccc(Cl)cc2)c1C(=O)[O-]. The van der Waals surface area contributed by atoms with Gasteiger partial charge in [0.15, 0.2) is 9.84 Å².